The first-order valence-corrected chi connectivity index (χ1v) is 3.54. The van der Waals surface area contributed by atoms with Crippen LogP contribution in [-0.2, 0) is 9.59 Å². The maximum atomic E-state index is 11.0. The van der Waals surface area contributed by atoms with Crippen LogP contribution in [-0.4, -0.2) is 34.1 Å². The fourth-order valence-corrected chi connectivity index (χ4v) is 1.11. The van der Waals surface area contributed by atoms with E-state index in [0.717, 1.165) is 6.08 Å². The number of ketones is 1. The van der Waals surface area contributed by atoms with Crippen LogP contribution in [0.3, 0.4) is 0 Å². The number of carboxylic acid groups (broad SMARTS) is 1. The van der Waals surface area contributed by atoms with Crippen molar-refractivity contribution in [3.8, 4) is 0 Å². The topological polar surface area (TPSA) is 104 Å². The largest absolute Gasteiger partial charge is 0.478 e. The number of hydrogen-bond donors (Lipinski definition) is 2. The Morgan fingerprint density at radius 3 is 2.62 bits per heavy atom. The molecule has 0 heterocycles. The molecule has 0 aromatic carbocycles. The van der Waals surface area contributed by atoms with E-state index < -0.39 is 23.9 Å². The summed E-state index contributed by atoms with van der Waals surface area (Å²) in [7, 11) is 0. The number of hydrogen-bond acceptors (Lipinski definition) is 5. The molecule has 0 aromatic heterocycles. The molecule has 0 radical (unpaired) electrons. The van der Waals surface area contributed by atoms with Gasteiger partial charge >= 0.3 is 5.97 Å². The van der Waals surface area contributed by atoms with Crippen molar-refractivity contribution in [1.82, 2.24) is 0 Å². The summed E-state index contributed by atoms with van der Waals surface area (Å²) in [6.07, 6.45) is -0.709. The zero-order chi connectivity index (χ0) is 10.0. The summed E-state index contributed by atoms with van der Waals surface area (Å²) in [5, 5.41) is 20.0. The van der Waals surface area contributed by atoms with Gasteiger partial charge in [0.25, 0.3) is 0 Å². The van der Waals surface area contributed by atoms with Crippen molar-refractivity contribution in [2.24, 2.45) is 5.18 Å². The third-order valence-corrected chi connectivity index (χ3v) is 1.79. The van der Waals surface area contributed by atoms with Gasteiger partial charge in [-0.3, -0.25) is 4.79 Å². The summed E-state index contributed by atoms with van der Waals surface area (Å²) < 4.78 is 0. The molecule has 1 aliphatic rings. The van der Waals surface area contributed by atoms with Gasteiger partial charge in [-0.05, 0) is 6.08 Å². The zero-order valence-corrected chi connectivity index (χ0v) is 6.51. The number of aliphatic carboxylic acids is 1. The van der Waals surface area contributed by atoms with E-state index in [4.69, 9.17) is 10.2 Å². The zero-order valence-electron chi connectivity index (χ0n) is 6.51. The maximum Gasteiger partial charge on any atom is 0.331 e. The highest BCUT2D eigenvalue weighted by atomic mass is 16.4. The van der Waals surface area contributed by atoms with Crippen molar-refractivity contribution < 1.29 is 19.8 Å². The number of aliphatic hydroxyl groups is 1. The first-order valence-electron chi connectivity index (χ1n) is 3.54. The van der Waals surface area contributed by atoms with Gasteiger partial charge in [0.15, 0.2) is 11.8 Å². The fraction of sp³-hybridized carbons (Fsp3) is 0.429. The first kappa shape index (κ1) is 9.53. The third-order valence-electron chi connectivity index (χ3n) is 1.79. The van der Waals surface area contributed by atoms with Crippen LogP contribution in [0.25, 0.3) is 0 Å². The van der Waals surface area contributed by atoms with Crippen molar-refractivity contribution in [1.29, 1.82) is 0 Å². The molecule has 2 unspecified atom stereocenters. The number of rotatable bonds is 2. The van der Waals surface area contributed by atoms with Crippen molar-refractivity contribution in [3.63, 3.8) is 0 Å². The van der Waals surface area contributed by atoms with Crippen LogP contribution in [0.1, 0.15) is 6.42 Å². The molecule has 0 amide bonds. The third kappa shape index (κ3) is 1.78. The van der Waals surface area contributed by atoms with Crippen molar-refractivity contribution in [2.75, 3.05) is 0 Å². The van der Waals surface area contributed by atoms with E-state index in [0.29, 0.717) is 0 Å². The van der Waals surface area contributed by atoms with Gasteiger partial charge in [-0.25, -0.2) is 4.79 Å². The Balaban J connectivity index is 2.93. The smallest absolute Gasteiger partial charge is 0.331 e. The SMILES string of the molecule is O=NC1C(=O)C=C(C(=O)O)CC1O. The van der Waals surface area contributed by atoms with Crippen LogP contribution < -0.4 is 0 Å². The minimum absolute atomic E-state index is 0.197. The number of aliphatic hydroxyl groups excluding tert-OH is 1. The van der Waals surface area contributed by atoms with Gasteiger partial charge in [0, 0.05) is 12.0 Å². The van der Waals surface area contributed by atoms with E-state index in [-0.39, 0.29) is 12.0 Å². The number of carbonyl (C=O) groups is 2. The second kappa shape index (κ2) is 3.44. The van der Waals surface area contributed by atoms with Gasteiger partial charge in [0.2, 0.25) is 0 Å². The number of nitroso groups, excluding NO2 is 1. The van der Waals surface area contributed by atoms with Gasteiger partial charge in [-0.1, -0.05) is 5.18 Å². The predicted molar refractivity (Wildman–Crippen MR) is 40.9 cm³/mol. The molecule has 6 nitrogen and oxygen atoms in total. The maximum absolute atomic E-state index is 11.0. The molecule has 0 bridgehead atoms. The minimum atomic E-state index is -1.36. The lowest BCUT2D eigenvalue weighted by Crippen LogP contribution is -2.36. The molecule has 6 heteroatoms. The minimum Gasteiger partial charge on any atom is -0.478 e. The molecule has 0 fully saturated rings. The Bertz CT molecular complexity index is 295. The normalized spacial score (nSPS) is 28.1. The lowest BCUT2D eigenvalue weighted by atomic mass is 9.92. The van der Waals surface area contributed by atoms with Gasteiger partial charge in [-0.15, -0.1) is 4.91 Å². The van der Waals surface area contributed by atoms with Crippen LogP contribution in [0, 0.1) is 4.91 Å². The van der Waals surface area contributed by atoms with Crippen LogP contribution in [0.2, 0.25) is 0 Å². The van der Waals surface area contributed by atoms with Gasteiger partial charge in [0.05, 0.1) is 6.10 Å². The van der Waals surface area contributed by atoms with Crippen molar-refractivity contribution >= 4 is 11.8 Å². The highest BCUT2D eigenvalue weighted by Crippen LogP contribution is 2.18. The molecule has 0 spiro atoms. The quantitative estimate of drug-likeness (QED) is 0.562. The molecule has 1 rings (SSSR count). The monoisotopic (exact) mass is 185 g/mol. The number of nitrogens with zero attached hydrogens (tertiary/aromatic N) is 1. The highest BCUT2D eigenvalue weighted by molar-refractivity contribution is 6.03. The summed E-state index contributed by atoms with van der Waals surface area (Å²) in [5.41, 5.74) is -0.197. The molecule has 70 valence electrons. The van der Waals surface area contributed by atoms with Gasteiger partial charge in [-0.2, -0.15) is 0 Å². The predicted octanol–water partition coefficient (Wildman–Crippen LogP) is -0.534. The first-order chi connectivity index (χ1) is 6.06. The van der Waals surface area contributed by atoms with E-state index in [1.54, 1.807) is 0 Å². The van der Waals surface area contributed by atoms with E-state index >= 15 is 0 Å². The lowest BCUT2D eigenvalue weighted by molar-refractivity contribution is -0.134. The lowest BCUT2D eigenvalue weighted by Gasteiger charge is -2.18. The second-order valence-electron chi connectivity index (χ2n) is 2.70. The van der Waals surface area contributed by atoms with Crippen molar-refractivity contribution in [3.05, 3.63) is 16.6 Å². The molecule has 0 saturated heterocycles. The van der Waals surface area contributed by atoms with Crippen LogP contribution in [0.4, 0.5) is 0 Å². The molecule has 0 saturated carbocycles. The van der Waals surface area contributed by atoms with Gasteiger partial charge in [0.1, 0.15) is 0 Å². The van der Waals surface area contributed by atoms with E-state index in [1.807, 2.05) is 0 Å². The Labute approximate surface area is 72.8 Å². The average molecular weight is 185 g/mol. The summed E-state index contributed by atoms with van der Waals surface area (Å²) in [6, 6.07) is -1.36. The molecule has 0 aliphatic heterocycles. The van der Waals surface area contributed by atoms with E-state index in [2.05, 4.69) is 5.18 Å². The summed E-state index contributed by atoms with van der Waals surface area (Å²) >= 11 is 0. The van der Waals surface area contributed by atoms with Crippen LogP contribution in [0.5, 0.6) is 0 Å². The molecule has 0 aromatic rings. The number of carbonyl (C=O) groups excluding carboxylic acids is 1. The van der Waals surface area contributed by atoms with Crippen LogP contribution >= 0.6 is 0 Å². The number of carboxylic acids is 1. The van der Waals surface area contributed by atoms with Crippen molar-refractivity contribution in [2.45, 2.75) is 18.6 Å². The van der Waals surface area contributed by atoms with E-state index in [1.165, 1.54) is 0 Å². The molecule has 13 heavy (non-hydrogen) atoms. The second-order valence-corrected chi connectivity index (χ2v) is 2.70. The Hall–Kier alpha value is -1.56. The van der Waals surface area contributed by atoms with Gasteiger partial charge < -0.3 is 10.2 Å². The van der Waals surface area contributed by atoms with E-state index in [9.17, 15) is 14.5 Å². The average Bonchev–Trinajstić information content (AvgIpc) is 2.03. The summed E-state index contributed by atoms with van der Waals surface area (Å²) in [4.78, 5) is 31.4. The molecule has 2 N–H and O–H groups in total. The standard InChI is InChI=1S/C7H7NO5/c9-4-1-3(7(11)12)2-5(10)6(4)8-13/h1,5-6,10H,2H2,(H,11,12). The van der Waals surface area contributed by atoms with Crippen LogP contribution in [0.15, 0.2) is 16.8 Å². The Morgan fingerprint density at radius 1 is 1.62 bits per heavy atom. The molecular formula is C7H7NO5. The fourth-order valence-electron chi connectivity index (χ4n) is 1.11. The Kier molecular flexibility index (Phi) is 2.52. The summed E-state index contributed by atoms with van der Waals surface area (Å²) in [5.74, 6) is -2.03. The Morgan fingerprint density at radius 2 is 2.23 bits per heavy atom. The molecule has 2 atom stereocenters. The summed E-state index contributed by atoms with van der Waals surface area (Å²) in [6.45, 7) is 0. The molecular weight excluding hydrogens is 178 g/mol. The molecule has 1 aliphatic carbocycles. The highest BCUT2D eigenvalue weighted by Gasteiger charge is 2.33.